The van der Waals surface area contributed by atoms with Crippen LogP contribution >= 0.6 is 0 Å². The summed E-state index contributed by atoms with van der Waals surface area (Å²) in [5.41, 5.74) is 2.07. The Kier molecular flexibility index (Phi) is 5.90. The summed E-state index contributed by atoms with van der Waals surface area (Å²) >= 11 is 0. The maximum absolute atomic E-state index is 11.7. The number of aromatic hydroxyl groups is 2. The van der Waals surface area contributed by atoms with Crippen molar-refractivity contribution >= 4 is 34.1 Å². The highest BCUT2D eigenvalue weighted by atomic mass is 32.2. The molecule has 1 heterocycles. The van der Waals surface area contributed by atoms with E-state index < -0.39 is 51.7 Å². The second-order valence-electron chi connectivity index (χ2n) is 5.51. The average molecular weight is 417 g/mol. The molecule has 0 aliphatic carbocycles. The number of hydrogen-bond donors (Lipinski definition) is 7. The standard InChI is InChI=1S/C13H15N5O9S/c19-8-2-1-6(3-9(8)20)4-10(21)15-17-28(26,27)16-12(23)18-5-7(11(18)22)14-13(24)25/h1-3,7,14,17,19-20H,4-5H2,(H,15,21)(H,16,23)(H,24,25)/t7-/m0/s1. The molecule has 1 aromatic carbocycles. The Morgan fingerprint density at radius 1 is 1.18 bits per heavy atom. The first-order valence-electron chi connectivity index (χ1n) is 7.42. The van der Waals surface area contributed by atoms with E-state index in [0.717, 1.165) is 12.1 Å². The van der Waals surface area contributed by atoms with Crippen molar-refractivity contribution in [2.75, 3.05) is 6.54 Å². The van der Waals surface area contributed by atoms with Crippen molar-refractivity contribution < 1.29 is 42.9 Å². The molecule has 152 valence electrons. The number of likely N-dealkylation sites (tertiary alicyclic amines) is 1. The van der Waals surface area contributed by atoms with Crippen molar-refractivity contribution in [3.63, 3.8) is 0 Å². The van der Waals surface area contributed by atoms with Crippen molar-refractivity contribution in [1.82, 2.24) is 25.2 Å². The lowest BCUT2D eigenvalue weighted by atomic mass is 10.1. The molecule has 2 rings (SSSR count). The Balaban J connectivity index is 1.82. The molecule has 1 atom stereocenters. The zero-order valence-corrected chi connectivity index (χ0v) is 14.7. The van der Waals surface area contributed by atoms with Gasteiger partial charge in [-0.3, -0.25) is 19.9 Å². The monoisotopic (exact) mass is 417 g/mol. The zero-order valence-electron chi connectivity index (χ0n) is 13.9. The molecule has 14 nitrogen and oxygen atoms in total. The Morgan fingerprint density at radius 2 is 1.86 bits per heavy atom. The quantitative estimate of drug-likeness (QED) is 0.150. The van der Waals surface area contributed by atoms with Crippen LogP contribution in [0.5, 0.6) is 11.5 Å². The second-order valence-corrected chi connectivity index (χ2v) is 6.93. The van der Waals surface area contributed by atoms with Crippen LogP contribution in [0.15, 0.2) is 18.2 Å². The minimum atomic E-state index is -4.57. The van der Waals surface area contributed by atoms with Crippen LogP contribution < -0.4 is 20.3 Å². The first-order valence-corrected chi connectivity index (χ1v) is 8.91. The summed E-state index contributed by atoms with van der Waals surface area (Å²) < 4.78 is 24.9. The summed E-state index contributed by atoms with van der Waals surface area (Å²) in [7, 11) is -4.57. The molecular formula is C13H15N5O9S. The van der Waals surface area contributed by atoms with E-state index in [4.69, 9.17) is 5.11 Å². The van der Waals surface area contributed by atoms with E-state index in [1.54, 1.807) is 10.3 Å². The number of hydrazine groups is 1. The largest absolute Gasteiger partial charge is 0.504 e. The maximum Gasteiger partial charge on any atom is 0.405 e. The van der Waals surface area contributed by atoms with Gasteiger partial charge in [0.15, 0.2) is 11.5 Å². The predicted molar refractivity (Wildman–Crippen MR) is 88.9 cm³/mol. The Hall–Kier alpha value is -3.59. The number of urea groups is 1. The molecule has 5 amide bonds. The molecule has 0 spiro atoms. The minimum absolute atomic E-state index is 0.263. The zero-order chi connectivity index (χ0) is 21.1. The van der Waals surface area contributed by atoms with Crippen LogP contribution in [-0.2, 0) is 26.2 Å². The molecule has 1 aliphatic rings. The van der Waals surface area contributed by atoms with Gasteiger partial charge in [-0.15, -0.1) is 4.83 Å². The van der Waals surface area contributed by atoms with Crippen LogP contribution in [0.2, 0.25) is 0 Å². The fourth-order valence-corrected chi connectivity index (χ4v) is 2.73. The van der Waals surface area contributed by atoms with Crippen LogP contribution in [-0.4, -0.2) is 65.2 Å². The summed E-state index contributed by atoms with van der Waals surface area (Å²) in [6, 6.07) is 1.07. The van der Waals surface area contributed by atoms with Crippen molar-refractivity contribution in [3.8, 4) is 11.5 Å². The van der Waals surface area contributed by atoms with E-state index in [2.05, 4.69) is 0 Å². The van der Waals surface area contributed by atoms with Crippen LogP contribution in [0.3, 0.4) is 0 Å². The van der Waals surface area contributed by atoms with Crippen molar-refractivity contribution in [2.45, 2.75) is 12.5 Å². The van der Waals surface area contributed by atoms with E-state index in [0.29, 0.717) is 4.90 Å². The molecule has 0 unspecified atom stereocenters. The normalized spacial score (nSPS) is 16.1. The molecule has 0 radical (unpaired) electrons. The van der Waals surface area contributed by atoms with Crippen molar-refractivity contribution in [2.24, 2.45) is 0 Å². The highest BCUT2D eigenvalue weighted by molar-refractivity contribution is 7.88. The highest BCUT2D eigenvalue weighted by Crippen LogP contribution is 2.24. The molecule has 28 heavy (non-hydrogen) atoms. The summed E-state index contributed by atoms with van der Waals surface area (Å²) in [6.45, 7) is -0.358. The topological polar surface area (TPSA) is 214 Å². The summed E-state index contributed by atoms with van der Waals surface area (Å²) in [5, 5.41) is 28.8. The molecule has 1 aliphatic heterocycles. The van der Waals surface area contributed by atoms with Crippen molar-refractivity contribution in [1.29, 1.82) is 0 Å². The predicted octanol–water partition coefficient (Wildman–Crippen LogP) is -2.31. The number of nitrogens with zero attached hydrogens (tertiary/aromatic N) is 1. The van der Waals surface area contributed by atoms with Crippen LogP contribution in [0.25, 0.3) is 0 Å². The number of phenolic OH excluding ortho intramolecular Hbond substituents is 2. The number of carbonyl (C=O) groups is 4. The van der Waals surface area contributed by atoms with Gasteiger partial charge in [0.2, 0.25) is 5.91 Å². The van der Waals surface area contributed by atoms with Crippen LogP contribution in [0, 0.1) is 0 Å². The van der Waals surface area contributed by atoms with Gasteiger partial charge in [0.1, 0.15) is 6.04 Å². The SMILES string of the molecule is O=C(O)N[C@H]1CN(C(=O)NS(=O)(=O)NNC(=O)Cc2ccc(O)c(O)c2)C1=O. The van der Waals surface area contributed by atoms with E-state index in [1.165, 1.54) is 10.8 Å². The number of amides is 5. The lowest BCUT2D eigenvalue weighted by molar-refractivity contribution is -0.139. The number of hydrogen-bond acceptors (Lipinski definition) is 8. The van der Waals surface area contributed by atoms with Gasteiger partial charge in [-0.05, 0) is 17.7 Å². The van der Waals surface area contributed by atoms with Gasteiger partial charge < -0.3 is 20.6 Å². The van der Waals surface area contributed by atoms with Crippen LogP contribution in [0.4, 0.5) is 9.59 Å². The van der Waals surface area contributed by atoms with Crippen molar-refractivity contribution in [3.05, 3.63) is 23.8 Å². The smallest absolute Gasteiger partial charge is 0.405 e. The molecule has 0 bridgehead atoms. The lowest BCUT2D eigenvalue weighted by Gasteiger charge is -2.35. The molecule has 1 saturated heterocycles. The molecule has 1 fully saturated rings. The highest BCUT2D eigenvalue weighted by Gasteiger charge is 2.42. The minimum Gasteiger partial charge on any atom is -0.504 e. The second kappa shape index (κ2) is 7.97. The molecule has 1 aromatic rings. The lowest BCUT2D eigenvalue weighted by Crippen LogP contribution is -2.68. The summed E-state index contributed by atoms with van der Waals surface area (Å²) in [5.74, 6) is -2.65. The van der Waals surface area contributed by atoms with Gasteiger partial charge in [0.25, 0.3) is 5.91 Å². The van der Waals surface area contributed by atoms with Crippen LogP contribution in [0.1, 0.15) is 5.56 Å². The number of benzene rings is 1. The Morgan fingerprint density at radius 3 is 2.43 bits per heavy atom. The fraction of sp³-hybridized carbons (Fsp3) is 0.231. The first-order chi connectivity index (χ1) is 13.0. The number of carboxylic acid groups (broad SMARTS) is 1. The third-order valence-corrected chi connectivity index (χ3v) is 4.24. The molecule has 7 N–H and O–H groups in total. The number of rotatable bonds is 6. The number of phenols is 2. The third kappa shape index (κ3) is 5.21. The van der Waals surface area contributed by atoms with E-state index in [1.807, 2.05) is 5.32 Å². The Bertz CT molecular complexity index is 932. The van der Waals surface area contributed by atoms with E-state index in [9.17, 15) is 37.8 Å². The maximum atomic E-state index is 11.7. The molecular weight excluding hydrogens is 402 g/mol. The first kappa shape index (κ1) is 20.7. The van der Waals surface area contributed by atoms with Gasteiger partial charge in [0.05, 0.1) is 13.0 Å². The van der Waals surface area contributed by atoms with Gasteiger partial charge >= 0.3 is 22.3 Å². The van der Waals surface area contributed by atoms with Gasteiger partial charge in [-0.25, -0.2) is 14.3 Å². The third-order valence-electron chi connectivity index (χ3n) is 3.42. The van der Waals surface area contributed by atoms with E-state index in [-0.39, 0.29) is 18.5 Å². The molecule has 15 heteroatoms. The summed E-state index contributed by atoms with van der Waals surface area (Å²) in [4.78, 5) is 47.5. The average Bonchev–Trinajstić information content (AvgIpc) is 2.58. The van der Waals surface area contributed by atoms with Gasteiger partial charge in [-0.2, -0.15) is 8.42 Å². The summed E-state index contributed by atoms with van der Waals surface area (Å²) in [6.07, 6.45) is -1.84. The number of carbonyl (C=O) groups excluding carboxylic acids is 3. The number of nitrogens with one attached hydrogen (secondary N) is 4. The van der Waals surface area contributed by atoms with Gasteiger partial charge in [-0.1, -0.05) is 6.07 Å². The molecule has 0 saturated carbocycles. The van der Waals surface area contributed by atoms with E-state index >= 15 is 0 Å². The Labute approximate surface area is 157 Å². The number of imide groups is 1. The fourth-order valence-electron chi connectivity index (χ4n) is 2.09. The number of β-lactam (4-membered cyclic amide) rings is 1. The molecule has 0 aromatic heterocycles. The van der Waals surface area contributed by atoms with Gasteiger partial charge in [0, 0.05) is 0 Å².